The van der Waals surface area contributed by atoms with Crippen LogP contribution in [-0.2, 0) is 4.79 Å². The molecule has 1 aliphatic rings. The first kappa shape index (κ1) is 19.3. The highest BCUT2D eigenvalue weighted by Crippen LogP contribution is 2.21. The van der Waals surface area contributed by atoms with E-state index in [2.05, 4.69) is 20.9 Å². The highest BCUT2D eigenvalue weighted by molar-refractivity contribution is 6.02. The first-order valence-corrected chi connectivity index (χ1v) is 8.76. The minimum absolute atomic E-state index is 0.0470. The van der Waals surface area contributed by atoms with E-state index in [1.165, 1.54) is 18.2 Å². The van der Waals surface area contributed by atoms with E-state index in [-0.39, 0.29) is 11.6 Å². The Morgan fingerprint density at radius 3 is 2.60 bits per heavy atom. The average molecular weight is 350 g/mol. The number of hydrogen-bond acceptors (Lipinski definition) is 4. The molecule has 1 saturated heterocycles. The van der Waals surface area contributed by atoms with Crippen LogP contribution in [0.5, 0.6) is 0 Å². The van der Waals surface area contributed by atoms with Crippen LogP contribution >= 0.6 is 0 Å². The van der Waals surface area contributed by atoms with Crippen molar-refractivity contribution in [3.8, 4) is 0 Å². The molecular weight excluding hydrogens is 323 g/mol. The molecule has 1 aromatic carbocycles. The number of benzene rings is 1. The van der Waals surface area contributed by atoms with E-state index in [4.69, 9.17) is 0 Å². The van der Waals surface area contributed by atoms with Crippen molar-refractivity contribution in [2.75, 3.05) is 32.0 Å². The number of hydrogen-bond donors (Lipinski definition) is 3. The molecule has 6 nitrogen and oxygen atoms in total. The van der Waals surface area contributed by atoms with Gasteiger partial charge in [0.15, 0.2) is 0 Å². The highest BCUT2D eigenvalue weighted by atomic mass is 19.1. The molecule has 138 valence electrons. The zero-order valence-electron chi connectivity index (χ0n) is 14.8. The largest absolute Gasteiger partial charge is 0.326 e. The van der Waals surface area contributed by atoms with Crippen LogP contribution in [0.2, 0.25) is 0 Å². The Labute approximate surface area is 148 Å². The lowest BCUT2D eigenvalue weighted by molar-refractivity contribution is -0.125. The summed E-state index contributed by atoms with van der Waals surface area (Å²) >= 11 is 0. The van der Waals surface area contributed by atoms with Crippen LogP contribution in [0.3, 0.4) is 0 Å². The van der Waals surface area contributed by atoms with Crippen LogP contribution in [0.1, 0.15) is 26.2 Å². The van der Waals surface area contributed by atoms with Gasteiger partial charge in [-0.15, -0.1) is 0 Å². The van der Waals surface area contributed by atoms with Crippen molar-refractivity contribution >= 4 is 17.6 Å². The first-order chi connectivity index (χ1) is 12.0. The van der Waals surface area contributed by atoms with Crippen LogP contribution in [0, 0.1) is 11.7 Å². The summed E-state index contributed by atoms with van der Waals surface area (Å²) in [6.45, 7) is 4.49. The van der Waals surface area contributed by atoms with E-state index in [9.17, 15) is 14.0 Å². The molecule has 1 atom stereocenters. The minimum atomic E-state index is -0.717. The summed E-state index contributed by atoms with van der Waals surface area (Å²) in [4.78, 5) is 26.2. The van der Waals surface area contributed by atoms with Crippen LogP contribution in [-0.4, -0.2) is 49.6 Å². The van der Waals surface area contributed by atoms with E-state index >= 15 is 0 Å². The van der Waals surface area contributed by atoms with E-state index in [0.29, 0.717) is 5.92 Å². The molecule has 0 saturated carbocycles. The Balaban J connectivity index is 1.78. The quantitative estimate of drug-likeness (QED) is 0.735. The summed E-state index contributed by atoms with van der Waals surface area (Å²) in [5.41, 5.74) is 0.0470. The van der Waals surface area contributed by atoms with Crippen molar-refractivity contribution in [3.05, 3.63) is 30.1 Å². The van der Waals surface area contributed by atoms with Crippen molar-refractivity contribution < 1.29 is 14.0 Å². The number of anilines is 1. The third kappa shape index (κ3) is 5.79. The number of nitrogens with one attached hydrogen (secondary N) is 3. The number of amides is 3. The van der Waals surface area contributed by atoms with Crippen LogP contribution in [0.25, 0.3) is 0 Å². The van der Waals surface area contributed by atoms with E-state index in [1.807, 2.05) is 7.05 Å². The Bertz CT molecular complexity index is 588. The van der Waals surface area contributed by atoms with Gasteiger partial charge in [-0.3, -0.25) is 15.0 Å². The maximum Gasteiger partial charge on any atom is 0.326 e. The lowest BCUT2D eigenvalue weighted by Crippen LogP contribution is -2.50. The zero-order valence-corrected chi connectivity index (χ0v) is 14.8. The molecule has 2 rings (SSSR count). The molecule has 1 heterocycles. The topological polar surface area (TPSA) is 73.5 Å². The number of nitrogens with zero attached hydrogens (tertiary/aromatic N) is 1. The zero-order chi connectivity index (χ0) is 18.2. The molecule has 25 heavy (non-hydrogen) atoms. The van der Waals surface area contributed by atoms with Gasteiger partial charge in [-0.05, 0) is 70.9 Å². The van der Waals surface area contributed by atoms with Gasteiger partial charge in [-0.2, -0.15) is 0 Å². The maximum atomic E-state index is 13.5. The Kier molecular flexibility index (Phi) is 7.33. The first-order valence-electron chi connectivity index (χ1n) is 8.76. The number of likely N-dealkylation sites (tertiary alicyclic amines) is 1. The van der Waals surface area contributed by atoms with Crippen molar-refractivity contribution in [1.29, 1.82) is 0 Å². The lowest BCUT2D eigenvalue weighted by atomic mass is 9.93. The van der Waals surface area contributed by atoms with Crippen molar-refractivity contribution in [2.45, 2.75) is 32.2 Å². The monoisotopic (exact) mass is 350 g/mol. The molecule has 7 heteroatoms. The lowest BCUT2D eigenvalue weighted by Gasteiger charge is -2.35. The number of halogens is 1. The number of imide groups is 1. The second-order valence-electron chi connectivity index (χ2n) is 6.47. The standard InChI is InChI=1S/C18H27FN4O2/c1-13(23-11-8-14(9-12-23)7-10-20-2)17(24)22-18(25)21-16-6-4-3-5-15(16)19/h3-6,13-14,20H,7-12H2,1-2H3,(H2,21,22,24,25). The molecule has 0 bridgehead atoms. The second kappa shape index (κ2) is 9.48. The number of piperidine rings is 1. The summed E-state index contributed by atoms with van der Waals surface area (Å²) < 4.78 is 13.5. The fraction of sp³-hybridized carbons (Fsp3) is 0.556. The SMILES string of the molecule is CNCCC1CCN(C(C)C(=O)NC(=O)Nc2ccccc2F)CC1. The number of urea groups is 1. The molecule has 1 fully saturated rings. The highest BCUT2D eigenvalue weighted by Gasteiger charge is 2.27. The van der Waals surface area contributed by atoms with E-state index < -0.39 is 17.9 Å². The van der Waals surface area contributed by atoms with Gasteiger partial charge in [0.1, 0.15) is 5.82 Å². The van der Waals surface area contributed by atoms with E-state index in [0.717, 1.165) is 38.9 Å². The van der Waals surface area contributed by atoms with Gasteiger partial charge in [0, 0.05) is 0 Å². The molecule has 0 radical (unpaired) electrons. The normalized spacial score (nSPS) is 17.1. The molecule has 1 aliphatic heterocycles. The summed E-state index contributed by atoms with van der Waals surface area (Å²) in [5, 5.41) is 7.81. The molecule has 1 aromatic rings. The van der Waals surface area contributed by atoms with Gasteiger partial charge in [0.25, 0.3) is 0 Å². The minimum Gasteiger partial charge on any atom is -0.320 e. The average Bonchev–Trinajstić information content (AvgIpc) is 2.61. The van der Waals surface area contributed by atoms with Crippen molar-refractivity contribution in [3.63, 3.8) is 0 Å². The van der Waals surface area contributed by atoms with Crippen LogP contribution in [0.4, 0.5) is 14.9 Å². The Hall–Kier alpha value is -1.99. The number of carbonyl (C=O) groups excluding carboxylic acids is 2. The van der Waals surface area contributed by atoms with Gasteiger partial charge < -0.3 is 10.6 Å². The summed E-state index contributed by atoms with van der Waals surface area (Å²) in [6, 6.07) is 4.73. The summed E-state index contributed by atoms with van der Waals surface area (Å²) in [6.07, 6.45) is 3.26. The van der Waals surface area contributed by atoms with Crippen molar-refractivity contribution in [1.82, 2.24) is 15.5 Å². The molecule has 3 N–H and O–H groups in total. The molecule has 0 aromatic heterocycles. The Morgan fingerprint density at radius 1 is 1.28 bits per heavy atom. The predicted molar refractivity (Wildman–Crippen MR) is 95.9 cm³/mol. The molecular formula is C18H27FN4O2. The van der Waals surface area contributed by atoms with Crippen LogP contribution in [0.15, 0.2) is 24.3 Å². The van der Waals surface area contributed by atoms with Gasteiger partial charge >= 0.3 is 6.03 Å². The van der Waals surface area contributed by atoms with Crippen molar-refractivity contribution in [2.24, 2.45) is 5.92 Å². The molecule has 0 aliphatic carbocycles. The molecule has 1 unspecified atom stereocenters. The predicted octanol–water partition coefficient (Wildman–Crippen LogP) is 2.18. The third-order valence-electron chi connectivity index (χ3n) is 4.74. The maximum absolute atomic E-state index is 13.5. The summed E-state index contributed by atoms with van der Waals surface area (Å²) in [5.74, 6) is -0.229. The third-order valence-corrected chi connectivity index (χ3v) is 4.74. The van der Waals surface area contributed by atoms with Crippen LogP contribution < -0.4 is 16.0 Å². The number of para-hydroxylation sites is 1. The smallest absolute Gasteiger partial charge is 0.320 e. The molecule has 0 spiro atoms. The fourth-order valence-corrected chi connectivity index (χ4v) is 3.08. The van der Waals surface area contributed by atoms with Gasteiger partial charge in [0.05, 0.1) is 11.7 Å². The van der Waals surface area contributed by atoms with E-state index in [1.54, 1.807) is 13.0 Å². The van der Waals surface area contributed by atoms with Gasteiger partial charge in [-0.25, -0.2) is 9.18 Å². The van der Waals surface area contributed by atoms with Gasteiger partial charge in [0.2, 0.25) is 5.91 Å². The fourth-order valence-electron chi connectivity index (χ4n) is 3.08. The number of carbonyl (C=O) groups is 2. The van der Waals surface area contributed by atoms with Gasteiger partial charge in [-0.1, -0.05) is 12.1 Å². The Morgan fingerprint density at radius 2 is 1.96 bits per heavy atom. The number of rotatable bonds is 6. The summed E-state index contributed by atoms with van der Waals surface area (Å²) in [7, 11) is 1.95. The second-order valence-corrected chi connectivity index (χ2v) is 6.47. The molecule has 3 amide bonds.